The maximum absolute atomic E-state index is 5.52. The molecular formula is C13H21N3O. The van der Waals surface area contributed by atoms with Crippen molar-refractivity contribution in [3.63, 3.8) is 0 Å². The van der Waals surface area contributed by atoms with Gasteiger partial charge in [-0.05, 0) is 26.2 Å². The van der Waals surface area contributed by atoms with Crippen molar-refractivity contribution in [2.24, 2.45) is 5.92 Å². The number of hydrogen-bond donors (Lipinski definition) is 1. The van der Waals surface area contributed by atoms with Crippen LogP contribution in [0.5, 0.6) is 5.88 Å². The molecule has 0 amide bonds. The van der Waals surface area contributed by atoms with Gasteiger partial charge < -0.3 is 10.1 Å². The van der Waals surface area contributed by atoms with Gasteiger partial charge in [0.25, 0.3) is 0 Å². The van der Waals surface area contributed by atoms with Gasteiger partial charge in [-0.1, -0.05) is 19.3 Å². The van der Waals surface area contributed by atoms with E-state index >= 15 is 0 Å². The fourth-order valence-corrected chi connectivity index (χ4v) is 1.93. The molecular weight excluding hydrogens is 214 g/mol. The Kier molecular flexibility index (Phi) is 4.18. The van der Waals surface area contributed by atoms with Gasteiger partial charge in [-0.3, -0.25) is 0 Å². The summed E-state index contributed by atoms with van der Waals surface area (Å²) < 4.78 is 5.52. The van der Waals surface area contributed by atoms with Crippen LogP contribution in [0.1, 0.15) is 39.5 Å². The summed E-state index contributed by atoms with van der Waals surface area (Å²) in [4.78, 5) is 8.26. The number of hydrogen-bond acceptors (Lipinski definition) is 4. The molecule has 1 aliphatic rings. The van der Waals surface area contributed by atoms with Gasteiger partial charge in [0.2, 0.25) is 5.88 Å². The summed E-state index contributed by atoms with van der Waals surface area (Å²) in [5, 5.41) is 3.33. The van der Waals surface area contributed by atoms with Crippen molar-refractivity contribution in [1.29, 1.82) is 0 Å². The Bertz CT molecular complexity index is 350. The van der Waals surface area contributed by atoms with E-state index in [2.05, 4.69) is 15.3 Å². The normalized spacial score (nSPS) is 15.7. The van der Waals surface area contributed by atoms with Crippen molar-refractivity contribution in [2.45, 2.75) is 45.6 Å². The second-order valence-electron chi connectivity index (χ2n) is 4.92. The molecule has 94 valence electrons. The molecule has 1 saturated carbocycles. The lowest BCUT2D eigenvalue weighted by atomic mass is 9.83. The average Bonchev–Trinajstić information content (AvgIpc) is 2.21. The minimum atomic E-state index is 0.146. The van der Waals surface area contributed by atoms with E-state index in [1.165, 1.54) is 25.7 Å². The van der Waals surface area contributed by atoms with Gasteiger partial charge in [-0.25, -0.2) is 9.97 Å². The lowest BCUT2D eigenvalue weighted by molar-refractivity contribution is 0.232. The van der Waals surface area contributed by atoms with Crippen LogP contribution in [0.15, 0.2) is 12.4 Å². The van der Waals surface area contributed by atoms with Crippen molar-refractivity contribution in [1.82, 2.24) is 9.97 Å². The molecule has 17 heavy (non-hydrogen) atoms. The molecule has 4 heteroatoms. The first-order valence-electron chi connectivity index (χ1n) is 6.46. The van der Waals surface area contributed by atoms with Crippen LogP contribution >= 0.6 is 0 Å². The minimum absolute atomic E-state index is 0.146. The van der Waals surface area contributed by atoms with Crippen LogP contribution in [-0.2, 0) is 0 Å². The van der Waals surface area contributed by atoms with Gasteiger partial charge >= 0.3 is 0 Å². The zero-order chi connectivity index (χ0) is 12.1. The summed E-state index contributed by atoms with van der Waals surface area (Å²) in [5.41, 5.74) is 0. The number of aromatic nitrogens is 2. The van der Waals surface area contributed by atoms with Crippen molar-refractivity contribution < 1.29 is 4.74 Å². The number of nitrogens with one attached hydrogen (secondary N) is 1. The van der Waals surface area contributed by atoms with Crippen LogP contribution in [0.2, 0.25) is 0 Å². The van der Waals surface area contributed by atoms with Crippen molar-refractivity contribution in [3.8, 4) is 5.88 Å². The predicted molar refractivity (Wildman–Crippen MR) is 68.2 cm³/mol. The first kappa shape index (κ1) is 12.1. The molecule has 0 aromatic carbocycles. The van der Waals surface area contributed by atoms with Crippen LogP contribution in [0.25, 0.3) is 0 Å². The van der Waals surface area contributed by atoms with Crippen LogP contribution in [0, 0.1) is 5.92 Å². The van der Waals surface area contributed by atoms with Crippen LogP contribution in [0.3, 0.4) is 0 Å². The third-order valence-electron chi connectivity index (χ3n) is 3.08. The Labute approximate surface area is 103 Å². The van der Waals surface area contributed by atoms with Crippen LogP contribution in [-0.4, -0.2) is 22.6 Å². The summed E-state index contributed by atoms with van der Waals surface area (Å²) in [6.07, 6.45) is 7.13. The number of anilines is 1. The molecule has 1 aliphatic carbocycles. The van der Waals surface area contributed by atoms with Crippen molar-refractivity contribution in [2.75, 3.05) is 11.9 Å². The summed E-state index contributed by atoms with van der Waals surface area (Å²) in [5.74, 6) is 2.42. The number of rotatable bonds is 6. The highest BCUT2D eigenvalue weighted by Gasteiger charge is 2.16. The third kappa shape index (κ3) is 3.88. The Morgan fingerprint density at radius 2 is 2.24 bits per heavy atom. The average molecular weight is 235 g/mol. The largest absolute Gasteiger partial charge is 0.475 e. The van der Waals surface area contributed by atoms with Gasteiger partial charge in [-0.15, -0.1) is 0 Å². The van der Waals surface area contributed by atoms with E-state index in [1.807, 2.05) is 19.9 Å². The first-order valence-corrected chi connectivity index (χ1v) is 6.46. The van der Waals surface area contributed by atoms with E-state index in [9.17, 15) is 0 Å². The number of nitrogens with zero attached hydrogens (tertiary/aromatic N) is 2. The quantitative estimate of drug-likeness (QED) is 0.823. The Balaban J connectivity index is 1.78. The molecule has 0 spiro atoms. The van der Waals surface area contributed by atoms with E-state index in [-0.39, 0.29) is 6.10 Å². The summed E-state index contributed by atoms with van der Waals surface area (Å²) in [6, 6.07) is 1.86. The lowest BCUT2D eigenvalue weighted by Gasteiger charge is -2.25. The molecule has 0 unspecified atom stereocenters. The lowest BCUT2D eigenvalue weighted by Crippen LogP contribution is -2.16. The van der Waals surface area contributed by atoms with Gasteiger partial charge in [0, 0.05) is 12.6 Å². The molecule has 2 rings (SSSR count). The topological polar surface area (TPSA) is 47.0 Å². The molecule has 1 N–H and O–H groups in total. The SMILES string of the molecule is CC(C)Oc1cc(NCCC2CCC2)ncn1. The highest BCUT2D eigenvalue weighted by molar-refractivity contribution is 5.36. The van der Waals surface area contributed by atoms with E-state index in [0.29, 0.717) is 5.88 Å². The molecule has 1 fully saturated rings. The summed E-state index contributed by atoms with van der Waals surface area (Å²) in [7, 11) is 0. The Morgan fingerprint density at radius 1 is 1.41 bits per heavy atom. The fraction of sp³-hybridized carbons (Fsp3) is 0.692. The van der Waals surface area contributed by atoms with E-state index in [4.69, 9.17) is 4.74 Å². The Morgan fingerprint density at radius 3 is 2.88 bits per heavy atom. The Hall–Kier alpha value is -1.32. The predicted octanol–water partition coefficient (Wildman–Crippen LogP) is 2.87. The first-order chi connectivity index (χ1) is 8.24. The highest BCUT2D eigenvalue weighted by atomic mass is 16.5. The maximum Gasteiger partial charge on any atom is 0.218 e. The van der Waals surface area contributed by atoms with Gasteiger partial charge in [-0.2, -0.15) is 0 Å². The molecule has 0 aliphatic heterocycles. The zero-order valence-electron chi connectivity index (χ0n) is 10.6. The van der Waals surface area contributed by atoms with Gasteiger partial charge in [0.1, 0.15) is 12.1 Å². The van der Waals surface area contributed by atoms with Crippen molar-refractivity contribution in [3.05, 3.63) is 12.4 Å². The number of ether oxygens (including phenoxy) is 1. The smallest absolute Gasteiger partial charge is 0.218 e. The molecule has 4 nitrogen and oxygen atoms in total. The maximum atomic E-state index is 5.52. The molecule has 0 saturated heterocycles. The molecule has 0 atom stereocenters. The van der Waals surface area contributed by atoms with E-state index in [1.54, 1.807) is 6.33 Å². The van der Waals surface area contributed by atoms with Crippen LogP contribution in [0.4, 0.5) is 5.82 Å². The standard InChI is InChI=1S/C13H21N3O/c1-10(2)17-13-8-12(15-9-16-13)14-7-6-11-4-3-5-11/h8-11H,3-7H2,1-2H3,(H,14,15,16). The second-order valence-corrected chi connectivity index (χ2v) is 4.92. The van der Waals surface area contributed by atoms with E-state index in [0.717, 1.165) is 18.3 Å². The summed E-state index contributed by atoms with van der Waals surface area (Å²) in [6.45, 7) is 4.97. The fourth-order valence-electron chi connectivity index (χ4n) is 1.93. The van der Waals surface area contributed by atoms with Gasteiger partial charge in [0.05, 0.1) is 6.10 Å². The third-order valence-corrected chi connectivity index (χ3v) is 3.08. The molecule has 1 aromatic rings. The highest BCUT2D eigenvalue weighted by Crippen LogP contribution is 2.29. The monoisotopic (exact) mass is 235 g/mol. The van der Waals surface area contributed by atoms with Gasteiger partial charge in [0.15, 0.2) is 0 Å². The second kappa shape index (κ2) is 5.84. The molecule has 1 heterocycles. The minimum Gasteiger partial charge on any atom is -0.475 e. The van der Waals surface area contributed by atoms with Crippen LogP contribution < -0.4 is 10.1 Å². The molecule has 0 bridgehead atoms. The van der Waals surface area contributed by atoms with Crippen molar-refractivity contribution >= 4 is 5.82 Å². The zero-order valence-corrected chi connectivity index (χ0v) is 10.6. The molecule has 0 radical (unpaired) electrons. The summed E-state index contributed by atoms with van der Waals surface area (Å²) >= 11 is 0. The molecule has 1 aromatic heterocycles. The van der Waals surface area contributed by atoms with E-state index < -0.39 is 0 Å².